The highest BCUT2D eigenvalue weighted by atomic mass is 32.1. The third-order valence-corrected chi connectivity index (χ3v) is 11.8. The number of thiophene rings is 1. The number of fused-ring (bicyclic) bond motifs is 9. The van der Waals surface area contributed by atoms with Crippen molar-refractivity contribution < 1.29 is 0 Å². The van der Waals surface area contributed by atoms with Gasteiger partial charge in [0.15, 0.2) is 0 Å². The van der Waals surface area contributed by atoms with Crippen LogP contribution in [0.4, 0.5) is 0 Å². The van der Waals surface area contributed by atoms with Gasteiger partial charge in [0.25, 0.3) is 0 Å². The first-order valence-corrected chi connectivity index (χ1v) is 19.1. The van der Waals surface area contributed by atoms with Crippen molar-refractivity contribution in [3.8, 4) is 50.7 Å². The predicted molar refractivity (Wildman–Crippen MR) is 229 cm³/mol. The van der Waals surface area contributed by atoms with Gasteiger partial charge in [0.2, 0.25) is 5.95 Å². The summed E-state index contributed by atoms with van der Waals surface area (Å²) in [6.45, 7) is 0. The number of hydrogen-bond acceptors (Lipinski definition) is 3. The first kappa shape index (κ1) is 30.7. The van der Waals surface area contributed by atoms with Crippen LogP contribution in [0.25, 0.3) is 103 Å². The minimum Gasteiger partial charge on any atom is -0.278 e. The minimum absolute atomic E-state index is 0.659. The molecule has 0 aliphatic rings. The summed E-state index contributed by atoms with van der Waals surface area (Å²) in [6, 6.07) is 67.1. The standard InChI is InChI=1S/C50H31N3S/c1-4-12-32(13-5-1)33-20-22-34(23-21-33)38-25-29-46-41(30-38)40-26-28-45-48(49(40)54-46)47-39-19-11-10-14-35(39)24-27-44(47)53(45)50-51-42(36-15-6-2-7-16-36)31-43(52-50)37-17-8-3-9-18-37/h1-31H. The summed E-state index contributed by atoms with van der Waals surface area (Å²) < 4.78 is 4.83. The Morgan fingerprint density at radius 1 is 0.370 bits per heavy atom. The van der Waals surface area contributed by atoms with Gasteiger partial charge in [-0.2, -0.15) is 0 Å². The fraction of sp³-hybridized carbons (Fsp3) is 0. The van der Waals surface area contributed by atoms with E-state index in [0.717, 1.165) is 33.5 Å². The second kappa shape index (κ2) is 12.4. The molecular weight excluding hydrogens is 675 g/mol. The summed E-state index contributed by atoms with van der Waals surface area (Å²) in [5.74, 6) is 0.659. The van der Waals surface area contributed by atoms with Gasteiger partial charge in [0.1, 0.15) is 0 Å². The third-order valence-electron chi connectivity index (χ3n) is 10.6. The second-order valence-electron chi connectivity index (χ2n) is 13.8. The van der Waals surface area contributed by atoms with Crippen molar-refractivity contribution in [3.63, 3.8) is 0 Å². The summed E-state index contributed by atoms with van der Waals surface area (Å²) in [6.07, 6.45) is 0. The van der Waals surface area contributed by atoms with Crippen molar-refractivity contribution in [1.29, 1.82) is 0 Å². The molecule has 0 aliphatic heterocycles. The van der Waals surface area contributed by atoms with Crippen LogP contribution in [0, 0.1) is 0 Å². The molecule has 3 nitrogen and oxygen atoms in total. The van der Waals surface area contributed by atoms with Gasteiger partial charge in [-0.25, -0.2) is 9.97 Å². The lowest BCUT2D eigenvalue weighted by Crippen LogP contribution is -2.04. The summed E-state index contributed by atoms with van der Waals surface area (Å²) >= 11 is 1.87. The molecule has 0 N–H and O–H groups in total. The highest BCUT2D eigenvalue weighted by Crippen LogP contribution is 2.46. The van der Waals surface area contributed by atoms with Gasteiger partial charge in [-0.05, 0) is 63.4 Å². The molecule has 0 amide bonds. The lowest BCUT2D eigenvalue weighted by Gasteiger charge is -2.12. The summed E-state index contributed by atoms with van der Waals surface area (Å²) in [5, 5.41) is 7.45. The summed E-state index contributed by atoms with van der Waals surface area (Å²) in [5.41, 5.74) is 11.0. The van der Waals surface area contributed by atoms with E-state index in [0.29, 0.717) is 5.95 Å². The van der Waals surface area contributed by atoms with E-state index in [-0.39, 0.29) is 0 Å². The Kier molecular flexibility index (Phi) is 7.04. The molecule has 252 valence electrons. The molecule has 54 heavy (non-hydrogen) atoms. The smallest absolute Gasteiger partial charge is 0.235 e. The van der Waals surface area contributed by atoms with Crippen molar-refractivity contribution in [1.82, 2.24) is 14.5 Å². The molecule has 0 fully saturated rings. The molecule has 0 bridgehead atoms. The van der Waals surface area contributed by atoms with Crippen molar-refractivity contribution in [3.05, 3.63) is 188 Å². The minimum atomic E-state index is 0.659. The van der Waals surface area contributed by atoms with Crippen molar-refractivity contribution >= 4 is 64.1 Å². The molecule has 11 rings (SSSR count). The van der Waals surface area contributed by atoms with Gasteiger partial charge in [-0.1, -0.05) is 158 Å². The maximum absolute atomic E-state index is 5.30. The van der Waals surface area contributed by atoms with E-state index in [4.69, 9.17) is 9.97 Å². The second-order valence-corrected chi connectivity index (χ2v) is 14.8. The number of nitrogens with zero attached hydrogens (tertiary/aromatic N) is 3. The molecule has 0 spiro atoms. The van der Waals surface area contributed by atoms with Crippen LogP contribution in [0.5, 0.6) is 0 Å². The molecule has 0 saturated heterocycles. The van der Waals surface area contributed by atoms with E-state index in [9.17, 15) is 0 Å². The number of rotatable bonds is 5. The van der Waals surface area contributed by atoms with Crippen LogP contribution in [0.2, 0.25) is 0 Å². The highest BCUT2D eigenvalue weighted by molar-refractivity contribution is 7.26. The Bertz CT molecular complexity index is 3120. The Balaban J connectivity index is 1.16. The molecule has 8 aromatic carbocycles. The van der Waals surface area contributed by atoms with Gasteiger partial charge in [0, 0.05) is 42.1 Å². The van der Waals surface area contributed by atoms with E-state index >= 15 is 0 Å². The van der Waals surface area contributed by atoms with Gasteiger partial charge in [-0.15, -0.1) is 11.3 Å². The van der Waals surface area contributed by atoms with E-state index in [1.54, 1.807) is 0 Å². The van der Waals surface area contributed by atoms with Crippen LogP contribution in [0.3, 0.4) is 0 Å². The van der Waals surface area contributed by atoms with Crippen molar-refractivity contribution in [2.45, 2.75) is 0 Å². The van der Waals surface area contributed by atoms with E-state index in [1.807, 2.05) is 23.5 Å². The fourth-order valence-corrected chi connectivity index (χ4v) is 9.26. The topological polar surface area (TPSA) is 30.7 Å². The monoisotopic (exact) mass is 705 g/mol. The van der Waals surface area contributed by atoms with Crippen molar-refractivity contribution in [2.75, 3.05) is 0 Å². The van der Waals surface area contributed by atoms with E-state index < -0.39 is 0 Å². The van der Waals surface area contributed by atoms with Gasteiger partial charge >= 0.3 is 0 Å². The molecule has 3 heterocycles. The van der Waals surface area contributed by atoms with Crippen LogP contribution in [0.15, 0.2) is 188 Å². The molecule has 0 aliphatic carbocycles. The van der Waals surface area contributed by atoms with Crippen LogP contribution >= 0.6 is 11.3 Å². The zero-order chi connectivity index (χ0) is 35.6. The normalized spacial score (nSPS) is 11.7. The SMILES string of the molecule is c1ccc(-c2ccc(-c3ccc4sc5c(ccc6c5c5c7ccccc7ccc5n6-c5nc(-c6ccccc6)cc(-c6ccccc6)n5)c4c3)cc2)cc1. The first-order valence-electron chi connectivity index (χ1n) is 18.2. The molecule has 11 aromatic rings. The fourth-order valence-electron chi connectivity index (χ4n) is 8.03. The molecule has 0 atom stereocenters. The third kappa shape index (κ3) is 4.96. The van der Waals surface area contributed by atoms with Crippen LogP contribution in [0.1, 0.15) is 0 Å². The average Bonchev–Trinajstić information content (AvgIpc) is 3.80. The first-order chi connectivity index (χ1) is 26.8. The maximum Gasteiger partial charge on any atom is 0.235 e. The lowest BCUT2D eigenvalue weighted by molar-refractivity contribution is 0.996. The molecular formula is C50H31N3S. The average molecular weight is 706 g/mol. The number of hydrogen-bond donors (Lipinski definition) is 0. The zero-order valence-corrected chi connectivity index (χ0v) is 30.0. The molecule has 0 unspecified atom stereocenters. The molecule has 4 heteroatoms. The van der Waals surface area contributed by atoms with E-state index in [1.165, 1.54) is 64.0 Å². The van der Waals surface area contributed by atoms with Crippen LogP contribution in [-0.2, 0) is 0 Å². The Morgan fingerprint density at radius 2 is 0.907 bits per heavy atom. The van der Waals surface area contributed by atoms with Crippen molar-refractivity contribution in [2.24, 2.45) is 0 Å². The van der Waals surface area contributed by atoms with Crippen LogP contribution in [-0.4, -0.2) is 14.5 Å². The largest absolute Gasteiger partial charge is 0.278 e. The molecule has 0 radical (unpaired) electrons. The van der Waals surface area contributed by atoms with Crippen LogP contribution < -0.4 is 0 Å². The zero-order valence-electron chi connectivity index (χ0n) is 29.1. The maximum atomic E-state index is 5.30. The van der Waals surface area contributed by atoms with Gasteiger partial charge < -0.3 is 0 Å². The van der Waals surface area contributed by atoms with Gasteiger partial charge in [-0.3, -0.25) is 4.57 Å². The Hall–Kier alpha value is -6.88. The summed E-state index contributed by atoms with van der Waals surface area (Å²) in [4.78, 5) is 10.6. The Morgan fingerprint density at radius 3 is 1.59 bits per heavy atom. The van der Waals surface area contributed by atoms with E-state index in [2.05, 4.69) is 180 Å². The summed E-state index contributed by atoms with van der Waals surface area (Å²) in [7, 11) is 0. The highest BCUT2D eigenvalue weighted by Gasteiger charge is 2.22. The lowest BCUT2D eigenvalue weighted by atomic mass is 9.98. The number of benzene rings is 8. The molecule has 3 aromatic heterocycles. The quantitative estimate of drug-likeness (QED) is 0.178. The van der Waals surface area contributed by atoms with Gasteiger partial charge in [0.05, 0.1) is 22.4 Å². The Labute approximate surface area is 316 Å². The number of aromatic nitrogens is 3. The molecule has 0 saturated carbocycles. The predicted octanol–water partition coefficient (Wildman–Crippen LogP) is 13.8.